The first-order valence-electron chi connectivity index (χ1n) is 8.49. The molecule has 25 heavy (non-hydrogen) atoms. The Morgan fingerprint density at radius 3 is 1.96 bits per heavy atom. The second-order valence-electron chi connectivity index (χ2n) is 8.39. The van der Waals surface area contributed by atoms with E-state index in [9.17, 15) is 9.90 Å². The number of thiocarbonyl (C=S) groups is 1. The van der Waals surface area contributed by atoms with E-state index in [1.807, 2.05) is 25.1 Å². The molecule has 2 rings (SSSR count). The first-order valence-corrected chi connectivity index (χ1v) is 9.72. The molecule has 0 radical (unpaired) electrons. The van der Waals surface area contributed by atoms with Crippen LogP contribution in [0.25, 0.3) is 6.08 Å². The number of nitrogens with zero attached hydrogens (tertiary/aromatic N) is 1. The molecule has 1 saturated heterocycles. The first kappa shape index (κ1) is 20.0. The SMILES string of the molecule is CCN1C(=O)/C(=C/c2cc(C(C)(C)C)c(O)c(C(C)(C)C)c2)SC1=S. The van der Waals surface area contributed by atoms with Crippen LogP contribution in [0.2, 0.25) is 0 Å². The van der Waals surface area contributed by atoms with E-state index in [1.54, 1.807) is 4.90 Å². The second kappa shape index (κ2) is 6.76. The highest BCUT2D eigenvalue weighted by molar-refractivity contribution is 8.26. The minimum Gasteiger partial charge on any atom is -0.507 e. The zero-order chi connectivity index (χ0) is 19.2. The lowest BCUT2D eigenvalue weighted by Crippen LogP contribution is -2.27. The van der Waals surface area contributed by atoms with Crippen LogP contribution in [0.15, 0.2) is 17.0 Å². The van der Waals surface area contributed by atoms with E-state index in [0.717, 1.165) is 16.7 Å². The molecule has 0 aromatic heterocycles. The third-order valence-electron chi connectivity index (χ3n) is 4.24. The van der Waals surface area contributed by atoms with E-state index < -0.39 is 0 Å². The van der Waals surface area contributed by atoms with Crippen molar-refractivity contribution in [3.63, 3.8) is 0 Å². The molecule has 1 aliphatic rings. The molecule has 0 saturated carbocycles. The van der Waals surface area contributed by atoms with Gasteiger partial charge in [0, 0.05) is 17.7 Å². The van der Waals surface area contributed by atoms with Crippen LogP contribution in [0.5, 0.6) is 5.75 Å². The Labute approximate surface area is 160 Å². The average molecular weight is 378 g/mol. The third kappa shape index (κ3) is 4.09. The first-order chi connectivity index (χ1) is 11.4. The molecular weight excluding hydrogens is 350 g/mol. The quantitative estimate of drug-likeness (QED) is 0.567. The maximum absolute atomic E-state index is 12.5. The molecule has 0 bridgehead atoms. The van der Waals surface area contributed by atoms with Gasteiger partial charge in [-0.3, -0.25) is 9.69 Å². The van der Waals surface area contributed by atoms with Gasteiger partial charge in [-0.1, -0.05) is 65.5 Å². The highest BCUT2D eigenvalue weighted by Crippen LogP contribution is 2.41. The van der Waals surface area contributed by atoms with Crippen molar-refractivity contribution < 1.29 is 9.90 Å². The number of likely N-dealkylation sites (N-methyl/N-ethyl adjacent to an activating group) is 1. The molecule has 1 heterocycles. The van der Waals surface area contributed by atoms with E-state index in [4.69, 9.17) is 12.2 Å². The summed E-state index contributed by atoms with van der Waals surface area (Å²) in [6.07, 6.45) is 1.89. The molecular formula is C20H27NO2S2. The Balaban J connectivity index is 2.62. The van der Waals surface area contributed by atoms with Crippen LogP contribution in [-0.4, -0.2) is 26.8 Å². The Kier molecular flexibility index (Phi) is 5.41. The van der Waals surface area contributed by atoms with Crippen molar-refractivity contribution in [3.05, 3.63) is 33.7 Å². The van der Waals surface area contributed by atoms with E-state index in [1.165, 1.54) is 11.8 Å². The number of amides is 1. The Morgan fingerprint density at radius 2 is 1.60 bits per heavy atom. The van der Waals surface area contributed by atoms with Crippen LogP contribution in [0.3, 0.4) is 0 Å². The second-order valence-corrected chi connectivity index (χ2v) is 10.1. The zero-order valence-electron chi connectivity index (χ0n) is 16.1. The number of hydrogen-bond donors (Lipinski definition) is 1. The molecule has 1 aromatic carbocycles. The summed E-state index contributed by atoms with van der Waals surface area (Å²) in [6.45, 7) is 15.0. The predicted octanol–water partition coefficient (Wildman–Crippen LogP) is 5.21. The fourth-order valence-electron chi connectivity index (χ4n) is 2.81. The largest absolute Gasteiger partial charge is 0.507 e. The normalized spacial score (nSPS) is 17.7. The van der Waals surface area contributed by atoms with Crippen molar-refractivity contribution in [2.75, 3.05) is 6.54 Å². The van der Waals surface area contributed by atoms with Crippen molar-refractivity contribution in [1.29, 1.82) is 0 Å². The number of benzene rings is 1. The van der Waals surface area contributed by atoms with Gasteiger partial charge in [0.25, 0.3) is 5.91 Å². The van der Waals surface area contributed by atoms with Crippen molar-refractivity contribution in [3.8, 4) is 5.75 Å². The summed E-state index contributed by atoms with van der Waals surface area (Å²) in [5, 5.41) is 10.8. The summed E-state index contributed by atoms with van der Waals surface area (Å²) < 4.78 is 0.601. The van der Waals surface area contributed by atoms with Crippen LogP contribution in [-0.2, 0) is 15.6 Å². The number of hydrogen-bond acceptors (Lipinski definition) is 4. The van der Waals surface area contributed by atoms with Gasteiger partial charge in [-0.05, 0) is 41.5 Å². The molecule has 0 spiro atoms. The summed E-state index contributed by atoms with van der Waals surface area (Å²) in [6, 6.07) is 3.95. The van der Waals surface area contributed by atoms with Crippen LogP contribution in [0.4, 0.5) is 0 Å². The molecule has 3 nitrogen and oxygen atoms in total. The molecule has 5 heteroatoms. The van der Waals surface area contributed by atoms with E-state index in [2.05, 4.69) is 41.5 Å². The van der Waals surface area contributed by atoms with Gasteiger partial charge in [-0.25, -0.2) is 0 Å². The lowest BCUT2D eigenvalue weighted by Gasteiger charge is -2.28. The highest BCUT2D eigenvalue weighted by Gasteiger charge is 2.31. The van der Waals surface area contributed by atoms with E-state index in [0.29, 0.717) is 21.5 Å². The summed E-state index contributed by atoms with van der Waals surface area (Å²) in [5.74, 6) is 0.304. The molecule has 0 aliphatic carbocycles. The van der Waals surface area contributed by atoms with Crippen LogP contribution in [0.1, 0.15) is 65.2 Å². The molecule has 1 amide bonds. The molecule has 0 atom stereocenters. The minimum atomic E-state index is -0.198. The summed E-state index contributed by atoms with van der Waals surface area (Å²) in [4.78, 5) is 14.7. The summed E-state index contributed by atoms with van der Waals surface area (Å²) >= 11 is 6.63. The van der Waals surface area contributed by atoms with Gasteiger partial charge in [0.1, 0.15) is 10.1 Å². The minimum absolute atomic E-state index is 0.0415. The van der Waals surface area contributed by atoms with Gasteiger partial charge < -0.3 is 5.11 Å². The Bertz CT molecular complexity index is 717. The smallest absolute Gasteiger partial charge is 0.266 e. The number of phenolic OH excluding ortho intramolecular Hbond substituents is 1. The molecule has 1 N–H and O–H groups in total. The van der Waals surface area contributed by atoms with Crippen molar-refractivity contribution in [2.45, 2.75) is 59.3 Å². The lowest BCUT2D eigenvalue weighted by atomic mass is 9.78. The van der Waals surface area contributed by atoms with Crippen LogP contribution in [0, 0.1) is 0 Å². The molecule has 1 aromatic rings. The number of carbonyl (C=O) groups excluding carboxylic acids is 1. The standard InChI is InChI=1S/C20H27NO2S2/c1-8-21-17(23)15(25-18(21)24)11-12-9-13(19(2,3)4)16(22)14(10-12)20(5,6)7/h9-11,22H,8H2,1-7H3/b15-11-. The lowest BCUT2D eigenvalue weighted by molar-refractivity contribution is -0.121. The number of thioether (sulfide) groups is 1. The Hall–Kier alpha value is -1.33. The Morgan fingerprint density at radius 1 is 1.12 bits per heavy atom. The van der Waals surface area contributed by atoms with Gasteiger partial charge in [0.2, 0.25) is 0 Å². The summed E-state index contributed by atoms with van der Waals surface area (Å²) in [7, 11) is 0. The fraction of sp³-hybridized carbons (Fsp3) is 0.500. The van der Waals surface area contributed by atoms with Gasteiger partial charge in [-0.15, -0.1) is 0 Å². The molecule has 136 valence electrons. The van der Waals surface area contributed by atoms with Gasteiger partial charge in [0.15, 0.2) is 0 Å². The topological polar surface area (TPSA) is 40.5 Å². The van der Waals surface area contributed by atoms with Crippen LogP contribution >= 0.6 is 24.0 Å². The third-order valence-corrected chi connectivity index (χ3v) is 5.61. The number of aromatic hydroxyl groups is 1. The maximum atomic E-state index is 12.5. The number of phenols is 1. The zero-order valence-corrected chi connectivity index (χ0v) is 17.7. The summed E-state index contributed by atoms with van der Waals surface area (Å²) in [5.41, 5.74) is 2.30. The monoisotopic (exact) mass is 377 g/mol. The molecule has 1 fully saturated rings. The molecule has 0 unspecified atom stereocenters. The van der Waals surface area contributed by atoms with Crippen molar-refractivity contribution in [2.24, 2.45) is 0 Å². The van der Waals surface area contributed by atoms with E-state index >= 15 is 0 Å². The van der Waals surface area contributed by atoms with Gasteiger partial charge in [0.05, 0.1) is 4.91 Å². The van der Waals surface area contributed by atoms with Crippen molar-refractivity contribution >= 4 is 40.3 Å². The van der Waals surface area contributed by atoms with E-state index in [-0.39, 0.29) is 16.7 Å². The van der Waals surface area contributed by atoms with Crippen molar-refractivity contribution in [1.82, 2.24) is 4.90 Å². The molecule has 1 aliphatic heterocycles. The average Bonchev–Trinajstić information content (AvgIpc) is 2.72. The number of rotatable bonds is 2. The fourth-order valence-corrected chi connectivity index (χ4v) is 4.19. The van der Waals surface area contributed by atoms with Gasteiger partial charge in [-0.2, -0.15) is 0 Å². The number of carbonyl (C=O) groups is 1. The highest BCUT2D eigenvalue weighted by atomic mass is 32.2. The van der Waals surface area contributed by atoms with Crippen LogP contribution < -0.4 is 0 Å². The van der Waals surface area contributed by atoms with Gasteiger partial charge >= 0.3 is 0 Å². The predicted molar refractivity (Wildman–Crippen MR) is 111 cm³/mol. The maximum Gasteiger partial charge on any atom is 0.266 e.